The first-order valence-electron chi connectivity index (χ1n) is 22.2. The summed E-state index contributed by atoms with van der Waals surface area (Å²) < 4.78 is 11.1. The van der Waals surface area contributed by atoms with Crippen LogP contribution in [0.4, 0.5) is 0 Å². The minimum atomic E-state index is -1.61. The third kappa shape index (κ3) is 25.0. The topological polar surface area (TPSA) is 169 Å². The van der Waals surface area contributed by atoms with Crippen molar-refractivity contribution in [2.24, 2.45) is 0 Å². The molecule has 1 rings (SSSR count). The van der Waals surface area contributed by atoms with Gasteiger partial charge < -0.3 is 45.4 Å². The standard InChI is InChI=1S/C44H83NO9/c1-3-5-7-9-11-13-15-17-18-19-20-21-23-24-26-28-30-32-37(47)36(35-53-44-42(51)41(50)40(49)39(34-46)54-44)45-43(52)38(48)33-31-29-27-25-22-16-14-12-10-8-6-4-2/h21,23,30,32,36-42,44,46-51H,3-20,22,24-29,31,33-35H2,1-2H3,(H,45,52)/b23-21-,32-30+/t36-,37+,38+,39?,40+,41?,42?,44+/m0/s1. The van der Waals surface area contributed by atoms with Crippen LogP contribution >= 0.6 is 0 Å². The van der Waals surface area contributed by atoms with Gasteiger partial charge in [0, 0.05) is 0 Å². The van der Waals surface area contributed by atoms with Crippen LogP contribution in [-0.2, 0) is 14.3 Å². The van der Waals surface area contributed by atoms with E-state index in [-0.39, 0.29) is 6.61 Å². The van der Waals surface area contributed by atoms with Crippen molar-refractivity contribution in [1.82, 2.24) is 5.32 Å². The van der Waals surface area contributed by atoms with Gasteiger partial charge >= 0.3 is 0 Å². The highest BCUT2D eigenvalue weighted by molar-refractivity contribution is 5.80. The number of nitrogens with one attached hydrogen (secondary N) is 1. The maximum Gasteiger partial charge on any atom is 0.249 e. The lowest BCUT2D eigenvalue weighted by Gasteiger charge is -2.40. The summed E-state index contributed by atoms with van der Waals surface area (Å²) in [6, 6.07) is -0.987. The van der Waals surface area contributed by atoms with Gasteiger partial charge in [-0.25, -0.2) is 0 Å². The van der Waals surface area contributed by atoms with Crippen LogP contribution in [0.3, 0.4) is 0 Å². The number of carbonyl (C=O) groups is 1. The van der Waals surface area contributed by atoms with Crippen LogP contribution in [-0.4, -0.2) is 98.7 Å². The molecule has 1 fully saturated rings. The van der Waals surface area contributed by atoms with E-state index in [9.17, 15) is 35.4 Å². The fourth-order valence-electron chi connectivity index (χ4n) is 6.93. The Balaban J connectivity index is 2.47. The maximum atomic E-state index is 13.0. The van der Waals surface area contributed by atoms with E-state index in [2.05, 4.69) is 31.3 Å². The Kier molecular flexibility index (Phi) is 32.7. The second kappa shape index (κ2) is 34.8. The van der Waals surface area contributed by atoms with Crippen LogP contribution in [0.1, 0.15) is 187 Å². The van der Waals surface area contributed by atoms with Crippen LogP contribution in [0.15, 0.2) is 24.3 Å². The van der Waals surface area contributed by atoms with Gasteiger partial charge in [-0.1, -0.05) is 173 Å². The van der Waals surface area contributed by atoms with Crippen molar-refractivity contribution in [2.45, 2.75) is 236 Å². The van der Waals surface area contributed by atoms with Gasteiger partial charge in [0.2, 0.25) is 5.91 Å². The highest BCUT2D eigenvalue weighted by atomic mass is 16.7. The molecule has 1 heterocycles. The minimum Gasteiger partial charge on any atom is -0.394 e. The SMILES string of the molecule is CCCCCCCCCCCC/C=C\CCC/C=C/[C@@H](O)[C@H](CO[C@@H]1OC(CO)[C@@H](O)C(O)C1O)NC(=O)[C@H](O)CCCCCCCCCCCCCC. The van der Waals surface area contributed by atoms with E-state index in [0.717, 1.165) is 44.9 Å². The molecular formula is C44H83NO9. The van der Waals surface area contributed by atoms with E-state index < -0.39 is 61.5 Å². The lowest BCUT2D eigenvalue weighted by atomic mass is 9.99. The molecule has 1 aliphatic heterocycles. The van der Waals surface area contributed by atoms with Gasteiger partial charge in [0.05, 0.1) is 25.4 Å². The molecular weight excluding hydrogens is 686 g/mol. The molecule has 1 amide bonds. The number of hydrogen-bond donors (Lipinski definition) is 7. The molecule has 0 radical (unpaired) electrons. The molecule has 0 aromatic heterocycles. The predicted molar refractivity (Wildman–Crippen MR) is 218 cm³/mol. The molecule has 0 aliphatic carbocycles. The molecule has 0 aromatic rings. The molecule has 1 saturated heterocycles. The number of aliphatic hydroxyl groups excluding tert-OH is 6. The quantitative estimate of drug-likeness (QED) is 0.0250. The summed E-state index contributed by atoms with van der Waals surface area (Å²) in [5.74, 6) is -0.625. The Morgan fingerprint density at radius 3 is 1.61 bits per heavy atom. The number of hydrogen-bond acceptors (Lipinski definition) is 9. The van der Waals surface area contributed by atoms with Gasteiger partial charge in [-0.15, -0.1) is 0 Å². The first-order valence-corrected chi connectivity index (χ1v) is 22.2. The molecule has 318 valence electrons. The molecule has 0 spiro atoms. The predicted octanol–water partition coefficient (Wildman–Crippen LogP) is 7.69. The van der Waals surface area contributed by atoms with E-state index in [0.29, 0.717) is 12.8 Å². The van der Waals surface area contributed by atoms with Crippen LogP contribution in [0.5, 0.6) is 0 Å². The van der Waals surface area contributed by atoms with Crippen molar-refractivity contribution < 1.29 is 44.9 Å². The summed E-state index contributed by atoms with van der Waals surface area (Å²) in [4.78, 5) is 13.0. The number of rotatable bonds is 36. The van der Waals surface area contributed by atoms with Crippen molar-refractivity contribution in [3.8, 4) is 0 Å². The largest absolute Gasteiger partial charge is 0.394 e. The molecule has 0 bridgehead atoms. The zero-order valence-electron chi connectivity index (χ0n) is 34.3. The Morgan fingerprint density at radius 2 is 1.09 bits per heavy atom. The number of carbonyl (C=O) groups excluding carboxylic acids is 1. The summed E-state index contributed by atoms with van der Waals surface area (Å²) in [6.07, 6.45) is 29.8. The van der Waals surface area contributed by atoms with E-state index in [1.807, 2.05) is 6.08 Å². The van der Waals surface area contributed by atoms with E-state index in [4.69, 9.17) is 9.47 Å². The third-order valence-electron chi connectivity index (χ3n) is 10.6. The second-order valence-electron chi connectivity index (χ2n) is 15.6. The first kappa shape index (κ1) is 50.6. The van der Waals surface area contributed by atoms with Crippen molar-refractivity contribution in [1.29, 1.82) is 0 Å². The second-order valence-corrected chi connectivity index (χ2v) is 15.6. The molecule has 1 aliphatic rings. The number of aliphatic hydroxyl groups is 6. The van der Waals surface area contributed by atoms with Crippen LogP contribution < -0.4 is 5.32 Å². The lowest BCUT2D eigenvalue weighted by molar-refractivity contribution is -0.302. The van der Waals surface area contributed by atoms with Gasteiger partial charge in [-0.3, -0.25) is 4.79 Å². The first-order chi connectivity index (χ1) is 26.3. The fraction of sp³-hybridized carbons (Fsp3) is 0.886. The Bertz CT molecular complexity index is 916. The van der Waals surface area contributed by atoms with Crippen LogP contribution in [0.25, 0.3) is 0 Å². The summed E-state index contributed by atoms with van der Waals surface area (Å²) in [7, 11) is 0. The fourth-order valence-corrected chi connectivity index (χ4v) is 6.93. The average Bonchev–Trinajstić information content (AvgIpc) is 3.17. The van der Waals surface area contributed by atoms with Crippen molar-refractivity contribution in [2.75, 3.05) is 13.2 Å². The Hall–Kier alpha value is -1.37. The summed E-state index contributed by atoms with van der Waals surface area (Å²) in [6.45, 7) is 3.58. The molecule has 10 nitrogen and oxygen atoms in total. The van der Waals surface area contributed by atoms with E-state index in [1.54, 1.807) is 6.08 Å². The number of unbranched alkanes of at least 4 members (excludes halogenated alkanes) is 23. The molecule has 54 heavy (non-hydrogen) atoms. The average molecular weight is 770 g/mol. The maximum absolute atomic E-state index is 13.0. The van der Waals surface area contributed by atoms with Gasteiger partial charge in [-0.05, 0) is 38.5 Å². The summed E-state index contributed by atoms with van der Waals surface area (Å²) in [5.41, 5.74) is 0. The van der Waals surface area contributed by atoms with Crippen LogP contribution in [0.2, 0.25) is 0 Å². The zero-order chi connectivity index (χ0) is 39.7. The third-order valence-corrected chi connectivity index (χ3v) is 10.6. The summed E-state index contributed by atoms with van der Waals surface area (Å²) in [5, 5.41) is 64.5. The van der Waals surface area contributed by atoms with Crippen molar-refractivity contribution >= 4 is 5.91 Å². The number of allylic oxidation sites excluding steroid dienone is 3. The van der Waals surface area contributed by atoms with Crippen LogP contribution in [0, 0.1) is 0 Å². The Morgan fingerprint density at radius 1 is 0.630 bits per heavy atom. The molecule has 0 aromatic carbocycles. The minimum absolute atomic E-state index is 0.308. The van der Waals surface area contributed by atoms with Gasteiger partial charge in [0.25, 0.3) is 0 Å². The lowest BCUT2D eigenvalue weighted by Crippen LogP contribution is -2.60. The van der Waals surface area contributed by atoms with Gasteiger partial charge in [0.1, 0.15) is 30.5 Å². The normalized spacial score (nSPS) is 22.3. The van der Waals surface area contributed by atoms with Crippen molar-refractivity contribution in [3.05, 3.63) is 24.3 Å². The molecule has 3 unspecified atom stereocenters. The summed E-state index contributed by atoms with van der Waals surface area (Å²) >= 11 is 0. The highest BCUT2D eigenvalue weighted by Crippen LogP contribution is 2.22. The smallest absolute Gasteiger partial charge is 0.249 e. The highest BCUT2D eigenvalue weighted by Gasteiger charge is 2.44. The molecule has 8 atom stereocenters. The monoisotopic (exact) mass is 770 g/mol. The van der Waals surface area contributed by atoms with E-state index >= 15 is 0 Å². The zero-order valence-corrected chi connectivity index (χ0v) is 34.3. The van der Waals surface area contributed by atoms with Crippen molar-refractivity contribution in [3.63, 3.8) is 0 Å². The number of amides is 1. The van der Waals surface area contributed by atoms with E-state index in [1.165, 1.54) is 116 Å². The number of ether oxygens (including phenoxy) is 2. The van der Waals surface area contributed by atoms with Gasteiger partial charge in [0.15, 0.2) is 6.29 Å². The van der Waals surface area contributed by atoms with Gasteiger partial charge in [-0.2, -0.15) is 0 Å². The Labute approximate surface area is 329 Å². The molecule has 10 heteroatoms. The molecule has 7 N–H and O–H groups in total. The molecule has 0 saturated carbocycles.